The maximum atomic E-state index is 8.69. The van der Waals surface area contributed by atoms with E-state index in [1.807, 2.05) is 42.5 Å². The van der Waals surface area contributed by atoms with Crippen LogP contribution in [0.2, 0.25) is 5.15 Å². The number of aliphatic hydroxyl groups is 1. The number of hydrogen-bond acceptors (Lipinski definition) is 2. The lowest BCUT2D eigenvalue weighted by Crippen LogP contribution is -1.84. The molecule has 1 aromatic heterocycles. The summed E-state index contributed by atoms with van der Waals surface area (Å²) in [4.78, 5) is 4.31. The van der Waals surface area contributed by atoms with Crippen molar-refractivity contribution in [1.29, 1.82) is 0 Å². The van der Waals surface area contributed by atoms with Gasteiger partial charge in [-0.15, -0.1) is 0 Å². The van der Waals surface area contributed by atoms with Crippen molar-refractivity contribution in [2.24, 2.45) is 0 Å². The van der Waals surface area contributed by atoms with E-state index in [2.05, 4.69) is 4.98 Å². The van der Waals surface area contributed by atoms with Gasteiger partial charge in [-0.1, -0.05) is 42.0 Å². The fourth-order valence-corrected chi connectivity index (χ4v) is 1.72. The minimum absolute atomic E-state index is 0.148. The Balaban J connectivity index is 2.42. The van der Waals surface area contributed by atoms with Crippen LogP contribution in [0.5, 0.6) is 0 Å². The molecule has 1 aromatic carbocycles. The molecule has 16 heavy (non-hydrogen) atoms. The Morgan fingerprint density at radius 3 is 2.94 bits per heavy atom. The van der Waals surface area contributed by atoms with Crippen LogP contribution in [0.25, 0.3) is 17.0 Å². The molecule has 0 radical (unpaired) electrons. The average Bonchev–Trinajstić information content (AvgIpc) is 2.30. The van der Waals surface area contributed by atoms with Gasteiger partial charge in [0.15, 0.2) is 0 Å². The van der Waals surface area contributed by atoms with E-state index in [0.717, 1.165) is 16.5 Å². The molecule has 0 bridgehead atoms. The Bertz CT molecular complexity index is 522. The molecule has 0 aliphatic heterocycles. The van der Waals surface area contributed by atoms with Gasteiger partial charge in [-0.25, -0.2) is 4.98 Å². The van der Waals surface area contributed by atoms with Crippen LogP contribution in [-0.2, 0) is 0 Å². The topological polar surface area (TPSA) is 33.1 Å². The molecule has 0 amide bonds. The van der Waals surface area contributed by atoms with Crippen LogP contribution in [0.3, 0.4) is 0 Å². The van der Waals surface area contributed by atoms with E-state index in [0.29, 0.717) is 11.6 Å². The second kappa shape index (κ2) is 5.10. The molecule has 0 unspecified atom stereocenters. The lowest BCUT2D eigenvalue weighted by atomic mass is 10.1. The molecule has 0 atom stereocenters. The van der Waals surface area contributed by atoms with Crippen LogP contribution >= 0.6 is 11.6 Å². The summed E-state index contributed by atoms with van der Waals surface area (Å²) in [5.41, 5.74) is 1.78. The lowest BCUT2D eigenvalue weighted by Gasteiger charge is -2.01. The molecule has 0 spiro atoms. The van der Waals surface area contributed by atoms with E-state index in [4.69, 9.17) is 16.7 Å². The molecule has 0 aliphatic carbocycles. The molecule has 2 rings (SSSR count). The quantitative estimate of drug-likeness (QED) is 0.826. The van der Waals surface area contributed by atoms with Crippen molar-refractivity contribution in [1.82, 2.24) is 4.98 Å². The van der Waals surface area contributed by atoms with Crippen LogP contribution in [0.4, 0.5) is 0 Å². The van der Waals surface area contributed by atoms with Gasteiger partial charge in [-0.05, 0) is 18.6 Å². The third-order valence-electron chi connectivity index (χ3n) is 2.30. The Hall–Kier alpha value is -1.38. The SMILES string of the molecule is OCCC=Cc1cc2ccccc2nc1Cl. The number of aromatic nitrogens is 1. The van der Waals surface area contributed by atoms with Gasteiger partial charge in [0.1, 0.15) is 5.15 Å². The Morgan fingerprint density at radius 2 is 2.12 bits per heavy atom. The van der Waals surface area contributed by atoms with Gasteiger partial charge in [0, 0.05) is 17.6 Å². The van der Waals surface area contributed by atoms with E-state index in [-0.39, 0.29) is 6.61 Å². The zero-order chi connectivity index (χ0) is 11.4. The van der Waals surface area contributed by atoms with Gasteiger partial charge in [-0.3, -0.25) is 0 Å². The van der Waals surface area contributed by atoms with Gasteiger partial charge in [0.25, 0.3) is 0 Å². The van der Waals surface area contributed by atoms with Gasteiger partial charge in [0.2, 0.25) is 0 Å². The number of para-hydroxylation sites is 1. The number of fused-ring (bicyclic) bond motifs is 1. The van der Waals surface area contributed by atoms with Gasteiger partial charge >= 0.3 is 0 Å². The Kier molecular flexibility index (Phi) is 3.54. The molecule has 0 fully saturated rings. The number of rotatable bonds is 3. The first-order valence-corrected chi connectivity index (χ1v) is 5.52. The molecule has 0 aliphatic rings. The molecule has 0 saturated heterocycles. The van der Waals surface area contributed by atoms with Gasteiger partial charge < -0.3 is 5.11 Å². The summed E-state index contributed by atoms with van der Waals surface area (Å²) >= 11 is 6.06. The van der Waals surface area contributed by atoms with Crippen molar-refractivity contribution < 1.29 is 5.11 Å². The lowest BCUT2D eigenvalue weighted by molar-refractivity contribution is 0.303. The molecular formula is C13H12ClNO. The van der Waals surface area contributed by atoms with Crippen LogP contribution in [0.1, 0.15) is 12.0 Å². The number of nitrogens with zero attached hydrogens (tertiary/aromatic N) is 1. The highest BCUT2D eigenvalue weighted by Crippen LogP contribution is 2.21. The first kappa shape index (κ1) is 11.1. The maximum absolute atomic E-state index is 8.69. The van der Waals surface area contributed by atoms with Crippen LogP contribution in [-0.4, -0.2) is 16.7 Å². The summed E-state index contributed by atoms with van der Waals surface area (Å²) in [5, 5.41) is 10.2. The first-order valence-electron chi connectivity index (χ1n) is 5.14. The van der Waals surface area contributed by atoms with E-state index >= 15 is 0 Å². The standard InChI is InChI=1S/C13H12ClNO/c14-13-11(6-3-4-8-16)9-10-5-1-2-7-12(10)15-13/h1-3,5-7,9,16H,4,8H2. The van der Waals surface area contributed by atoms with Crippen LogP contribution in [0.15, 0.2) is 36.4 Å². The summed E-state index contributed by atoms with van der Waals surface area (Å²) in [7, 11) is 0. The highest BCUT2D eigenvalue weighted by Gasteiger charge is 2.01. The summed E-state index contributed by atoms with van der Waals surface area (Å²) in [5.74, 6) is 0. The van der Waals surface area contributed by atoms with E-state index in [1.165, 1.54) is 0 Å². The molecule has 2 nitrogen and oxygen atoms in total. The van der Waals surface area contributed by atoms with Crippen molar-refractivity contribution in [3.63, 3.8) is 0 Å². The van der Waals surface area contributed by atoms with E-state index < -0.39 is 0 Å². The molecule has 1 N–H and O–H groups in total. The number of pyridine rings is 1. The number of benzene rings is 1. The Labute approximate surface area is 99.2 Å². The fourth-order valence-electron chi connectivity index (χ4n) is 1.51. The smallest absolute Gasteiger partial charge is 0.136 e. The highest BCUT2D eigenvalue weighted by atomic mass is 35.5. The normalized spacial score (nSPS) is 11.4. The van der Waals surface area contributed by atoms with Crippen molar-refractivity contribution in [2.45, 2.75) is 6.42 Å². The predicted molar refractivity (Wildman–Crippen MR) is 67.5 cm³/mol. The van der Waals surface area contributed by atoms with Crippen molar-refractivity contribution in [2.75, 3.05) is 6.61 Å². The van der Waals surface area contributed by atoms with E-state index in [9.17, 15) is 0 Å². The van der Waals surface area contributed by atoms with Crippen LogP contribution in [0, 0.1) is 0 Å². The second-order valence-corrected chi connectivity index (χ2v) is 3.83. The molecular weight excluding hydrogens is 222 g/mol. The number of halogens is 1. The zero-order valence-electron chi connectivity index (χ0n) is 8.73. The summed E-state index contributed by atoms with van der Waals surface area (Å²) in [6.45, 7) is 0.148. The minimum Gasteiger partial charge on any atom is -0.396 e. The minimum atomic E-state index is 0.148. The average molecular weight is 234 g/mol. The predicted octanol–water partition coefficient (Wildman–Crippen LogP) is 3.28. The zero-order valence-corrected chi connectivity index (χ0v) is 9.48. The first-order chi connectivity index (χ1) is 7.81. The third kappa shape index (κ3) is 2.40. The highest BCUT2D eigenvalue weighted by molar-refractivity contribution is 6.31. The van der Waals surface area contributed by atoms with E-state index in [1.54, 1.807) is 0 Å². The molecule has 82 valence electrons. The summed E-state index contributed by atoms with van der Waals surface area (Å²) in [6.07, 6.45) is 4.40. The van der Waals surface area contributed by atoms with Crippen molar-refractivity contribution in [3.05, 3.63) is 47.1 Å². The summed E-state index contributed by atoms with van der Waals surface area (Å²) in [6, 6.07) is 9.84. The third-order valence-corrected chi connectivity index (χ3v) is 2.60. The Morgan fingerprint density at radius 1 is 1.31 bits per heavy atom. The molecule has 0 saturated carbocycles. The van der Waals surface area contributed by atoms with Crippen LogP contribution < -0.4 is 0 Å². The van der Waals surface area contributed by atoms with Gasteiger partial charge in [-0.2, -0.15) is 0 Å². The number of aliphatic hydroxyl groups excluding tert-OH is 1. The maximum Gasteiger partial charge on any atom is 0.136 e. The van der Waals surface area contributed by atoms with Gasteiger partial charge in [0.05, 0.1) is 5.52 Å². The number of hydrogen-bond donors (Lipinski definition) is 1. The molecule has 2 aromatic rings. The molecule has 3 heteroatoms. The fraction of sp³-hybridized carbons (Fsp3) is 0.154. The van der Waals surface area contributed by atoms with Crippen molar-refractivity contribution >= 4 is 28.6 Å². The second-order valence-electron chi connectivity index (χ2n) is 3.48. The monoisotopic (exact) mass is 233 g/mol. The molecule has 1 heterocycles. The largest absolute Gasteiger partial charge is 0.396 e. The van der Waals surface area contributed by atoms with Crippen molar-refractivity contribution in [3.8, 4) is 0 Å². The summed E-state index contributed by atoms with van der Waals surface area (Å²) < 4.78 is 0.